The van der Waals surface area contributed by atoms with Crippen LogP contribution in [0.15, 0.2) is 24.3 Å². The van der Waals surface area contributed by atoms with E-state index in [1.807, 2.05) is 38.1 Å². The number of H-pyrrole nitrogens is 1. The van der Waals surface area contributed by atoms with Gasteiger partial charge in [-0.05, 0) is 72.3 Å². The van der Waals surface area contributed by atoms with Crippen LogP contribution in [0.25, 0.3) is 11.6 Å². The molecule has 1 aromatic carbocycles. The van der Waals surface area contributed by atoms with Crippen molar-refractivity contribution in [2.45, 2.75) is 13.8 Å². The standard InChI is InChI=1S/C15H13IN2O/c1-8-5-9(2)17-14(8)7-12-11-6-10(16)3-4-13(11)18-15(12)19/h3-7,17H,1-2H3,(H,18,19). The summed E-state index contributed by atoms with van der Waals surface area (Å²) in [6.45, 7) is 4.05. The topological polar surface area (TPSA) is 44.9 Å². The van der Waals surface area contributed by atoms with Crippen LogP contribution in [0.5, 0.6) is 0 Å². The first-order valence-electron chi connectivity index (χ1n) is 6.04. The van der Waals surface area contributed by atoms with Gasteiger partial charge in [0, 0.05) is 26.2 Å². The third-order valence-electron chi connectivity index (χ3n) is 3.24. The Balaban J connectivity index is 2.14. The highest BCUT2D eigenvalue weighted by Gasteiger charge is 2.24. The first-order chi connectivity index (χ1) is 9.04. The van der Waals surface area contributed by atoms with E-state index in [2.05, 4.69) is 39.0 Å². The number of aryl methyl sites for hydroxylation is 2. The molecule has 0 aliphatic carbocycles. The third kappa shape index (κ3) is 2.20. The highest BCUT2D eigenvalue weighted by Crippen LogP contribution is 2.34. The van der Waals surface area contributed by atoms with Crippen molar-refractivity contribution in [1.29, 1.82) is 0 Å². The van der Waals surface area contributed by atoms with Crippen molar-refractivity contribution in [3.05, 3.63) is 50.4 Å². The van der Waals surface area contributed by atoms with Gasteiger partial charge in [0.15, 0.2) is 0 Å². The number of carbonyl (C=O) groups is 1. The molecule has 19 heavy (non-hydrogen) atoms. The molecule has 3 nitrogen and oxygen atoms in total. The molecule has 2 aromatic rings. The van der Waals surface area contributed by atoms with Gasteiger partial charge in [0.1, 0.15) is 0 Å². The minimum absolute atomic E-state index is 0.0383. The van der Waals surface area contributed by atoms with Crippen molar-refractivity contribution in [2.75, 3.05) is 5.32 Å². The van der Waals surface area contributed by atoms with Gasteiger partial charge in [-0.2, -0.15) is 0 Å². The quantitative estimate of drug-likeness (QED) is 0.588. The molecule has 1 amide bonds. The molecule has 2 N–H and O–H groups in total. The predicted octanol–water partition coefficient (Wildman–Crippen LogP) is 3.73. The number of amides is 1. The first kappa shape index (κ1) is 12.5. The van der Waals surface area contributed by atoms with Crippen molar-refractivity contribution in [2.24, 2.45) is 0 Å². The van der Waals surface area contributed by atoms with Crippen LogP contribution in [0.1, 0.15) is 22.5 Å². The lowest BCUT2D eigenvalue weighted by atomic mass is 10.1. The molecular weight excluding hydrogens is 351 g/mol. The number of halogens is 1. The second-order valence-corrected chi connectivity index (χ2v) is 6.00. The summed E-state index contributed by atoms with van der Waals surface area (Å²) in [7, 11) is 0. The van der Waals surface area contributed by atoms with Crippen LogP contribution in [0.3, 0.4) is 0 Å². The minimum Gasteiger partial charge on any atom is -0.359 e. The van der Waals surface area contributed by atoms with E-state index < -0.39 is 0 Å². The number of aromatic nitrogens is 1. The summed E-state index contributed by atoms with van der Waals surface area (Å²) in [4.78, 5) is 15.3. The Hall–Kier alpha value is -1.56. The highest BCUT2D eigenvalue weighted by atomic mass is 127. The summed E-state index contributed by atoms with van der Waals surface area (Å²) in [5.41, 5.74) is 5.83. The van der Waals surface area contributed by atoms with Gasteiger partial charge in [0.05, 0.1) is 5.57 Å². The monoisotopic (exact) mass is 364 g/mol. The van der Waals surface area contributed by atoms with E-state index in [1.54, 1.807) is 0 Å². The van der Waals surface area contributed by atoms with E-state index in [1.165, 1.54) is 0 Å². The predicted molar refractivity (Wildman–Crippen MR) is 85.9 cm³/mol. The number of benzene rings is 1. The molecule has 0 radical (unpaired) electrons. The maximum atomic E-state index is 12.1. The Morgan fingerprint density at radius 1 is 1.21 bits per heavy atom. The Labute approximate surface area is 125 Å². The molecule has 0 spiro atoms. The number of rotatable bonds is 1. The molecule has 0 bridgehead atoms. The number of aromatic amines is 1. The fourth-order valence-corrected chi connectivity index (χ4v) is 2.84. The zero-order valence-corrected chi connectivity index (χ0v) is 12.8. The number of anilines is 1. The summed E-state index contributed by atoms with van der Waals surface area (Å²) < 4.78 is 1.12. The van der Waals surface area contributed by atoms with Crippen LogP contribution in [0.4, 0.5) is 5.69 Å². The van der Waals surface area contributed by atoms with Gasteiger partial charge in [-0.3, -0.25) is 4.79 Å². The molecule has 1 aliphatic rings. The summed E-state index contributed by atoms with van der Waals surface area (Å²) in [5.74, 6) is -0.0383. The van der Waals surface area contributed by atoms with Crippen molar-refractivity contribution < 1.29 is 4.79 Å². The average molecular weight is 364 g/mol. The average Bonchev–Trinajstić information content (AvgIpc) is 2.81. The van der Waals surface area contributed by atoms with E-state index in [9.17, 15) is 4.79 Å². The van der Waals surface area contributed by atoms with Crippen molar-refractivity contribution in [3.8, 4) is 0 Å². The van der Waals surface area contributed by atoms with Gasteiger partial charge in [-0.15, -0.1) is 0 Å². The second-order valence-electron chi connectivity index (χ2n) is 4.75. The fraction of sp³-hybridized carbons (Fsp3) is 0.133. The Kier molecular flexibility index (Phi) is 2.97. The molecule has 4 heteroatoms. The van der Waals surface area contributed by atoms with Gasteiger partial charge in [-0.25, -0.2) is 0 Å². The largest absolute Gasteiger partial charge is 0.359 e. The smallest absolute Gasteiger partial charge is 0.256 e. The van der Waals surface area contributed by atoms with E-state index >= 15 is 0 Å². The van der Waals surface area contributed by atoms with Gasteiger partial charge >= 0.3 is 0 Å². The number of hydrogen-bond acceptors (Lipinski definition) is 1. The number of fused-ring (bicyclic) bond motifs is 1. The summed E-state index contributed by atoms with van der Waals surface area (Å²) in [6, 6.07) is 8.05. The molecule has 0 atom stereocenters. The minimum atomic E-state index is -0.0383. The Bertz CT molecular complexity index is 713. The number of nitrogens with one attached hydrogen (secondary N) is 2. The highest BCUT2D eigenvalue weighted by molar-refractivity contribution is 14.1. The van der Waals surface area contributed by atoms with Gasteiger partial charge < -0.3 is 10.3 Å². The molecular formula is C15H13IN2O. The molecule has 0 unspecified atom stereocenters. The van der Waals surface area contributed by atoms with Crippen LogP contribution in [-0.2, 0) is 4.79 Å². The van der Waals surface area contributed by atoms with Gasteiger partial charge in [0.2, 0.25) is 0 Å². The molecule has 0 saturated carbocycles. The normalized spacial score (nSPS) is 15.7. The van der Waals surface area contributed by atoms with Crippen LogP contribution in [-0.4, -0.2) is 10.9 Å². The summed E-state index contributed by atoms with van der Waals surface area (Å²) >= 11 is 2.26. The molecule has 0 fully saturated rings. The Morgan fingerprint density at radius 3 is 2.68 bits per heavy atom. The second kappa shape index (κ2) is 4.52. The van der Waals surface area contributed by atoms with Crippen molar-refractivity contribution >= 4 is 45.8 Å². The summed E-state index contributed by atoms with van der Waals surface area (Å²) in [6.07, 6.45) is 1.93. The van der Waals surface area contributed by atoms with E-state index in [0.29, 0.717) is 0 Å². The van der Waals surface area contributed by atoms with Crippen LogP contribution in [0.2, 0.25) is 0 Å². The number of hydrogen-bond donors (Lipinski definition) is 2. The molecule has 3 rings (SSSR count). The van der Waals surface area contributed by atoms with E-state index in [0.717, 1.165) is 37.3 Å². The molecule has 0 saturated heterocycles. The van der Waals surface area contributed by atoms with Crippen molar-refractivity contribution in [1.82, 2.24) is 4.98 Å². The SMILES string of the molecule is Cc1cc(C)c(C=C2C(=O)Nc3ccc(I)cc32)[nH]1. The van der Waals surface area contributed by atoms with Crippen LogP contribution < -0.4 is 5.32 Å². The lowest BCUT2D eigenvalue weighted by molar-refractivity contribution is -0.110. The van der Waals surface area contributed by atoms with Crippen LogP contribution >= 0.6 is 22.6 Å². The lowest BCUT2D eigenvalue weighted by Crippen LogP contribution is -2.03. The van der Waals surface area contributed by atoms with Crippen LogP contribution in [0, 0.1) is 17.4 Å². The Morgan fingerprint density at radius 2 is 2.00 bits per heavy atom. The lowest BCUT2D eigenvalue weighted by Gasteiger charge is -1.99. The maximum Gasteiger partial charge on any atom is 0.256 e. The summed E-state index contributed by atoms with van der Waals surface area (Å²) in [5, 5.41) is 2.90. The van der Waals surface area contributed by atoms with Gasteiger partial charge in [0.25, 0.3) is 5.91 Å². The zero-order valence-electron chi connectivity index (χ0n) is 10.7. The van der Waals surface area contributed by atoms with Crippen molar-refractivity contribution in [3.63, 3.8) is 0 Å². The fourth-order valence-electron chi connectivity index (χ4n) is 2.35. The number of carbonyl (C=O) groups excluding carboxylic acids is 1. The molecule has 1 aliphatic heterocycles. The zero-order chi connectivity index (χ0) is 13.6. The molecule has 1 aromatic heterocycles. The van der Waals surface area contributed by atoms with Gasteiger partial charge in [-0.1, -0.05) is 0 Å². The van der Waals surface area contributed by atoms with E-state index in [4.69, 9.17) is 0 Å². The first-order valence-corrected chi connectivity index (χ1v) is 7.11. The maximum absolute atomic E-state index is 12.1. The molecule has 96 valence electrons. The molecule has 2 heterocycles. The van der Waals surface area contributed by atoms with E-state index in [-0.39, 0.29) is 5.91 Å². The third-order valence-corrected chi connectivity index (χ3v) is 3.91.